The average Bonchev–Trinajstić information content (AvgIpc) is 3.29. The van der Waals surface area contributed by atoms with Gasteiger partial charge in [0.15, 0.2) is 11.6 Å². The summed E-state index contributed by atoms with van der Waals surface area (Å²) in [6.07, 6.45) is 5.45. The molecular weight excluding hydrogens is 520 g/mol. The number of nitrogens with two attached hydrogens (primary N) is 1. The van der Waals surface area contributed by atoms with Crippen molar-refractivity contribution < 1.29 is 18.4 Å². The zero-order valence-corrected chi connectivity index (χ0v) is 23.0. The summed E-state index contributed by atoms with van der Waals surface area (Å²) in [4.78, 5) is 36.1. The van der Waals surface area contributed by atoms with Gasteiger partial charge in [0, 0.05) is 51.7 Å². The molecular formula is C27H39F2N9O2. The molecule has 0 radical (unpaired) electrons. The van der Waals surface area contributed by atoms with Crippen LogP contribution in [0.4, 0.5) is 31.8 Å². The standard InChI is InChI=1S/C27H39F2N9O2/c1-2-3-4-9-37-16-19(28)17-38-26(37)22(24(30)34-38)25(39)33-21-15-32-14-20(29)23(21)35-10-5-18(6-11-35)27(40)36-12-7-31-8-13-36/h14-15,18-19,31H,2-13,16-17H2,1H3,(H2,30,34)(H,33,39). The number of nitrogens with zero attached hydrogens (tertiary/aromatic N) is 6. The van der Waals surface area contributed by atoms with E-state index >= 15 is 4.39 Å². The highest BCUT2D eigenvalue weighted by Crippen LogP contribution is 2.35. The normalized spacial score (nSPS) is 20.0. The van der Waals surface area contributed by atoms with E-state index in [1.54, 1.807) is 0 Å². The monoisotopic (exact) mass is 559 g/mol. The maximum Gasteiger partial charge on any atom is 0.263 e. The highest BCUT2D eigenvalue weighted by atomic mass is 19.1. The van der Waals surface area contributed by atoms with Gasteiger partial charge in [-0.3, -0.25) is 14.6 Å². The largest absolute Gasteiger partial charge is 0.381 e. The lowest BCUT2D eigenvalue weighted by Gasteiger charge is -2.37. The summed E-state index contributed by atoms with van der Waals surface area (Å²) in [5.74, 6) is -0.567. The summed E-state index contributed by atoms with van der Waals surface area (Å²) in [6.45, 7) is 6.80. The molecule has 2 amide bonds. The molecule has 2 saturated heterocycles. The number of carbonyl (C=O) groups is 2. The van der Waals surface area contributed by atoms with Gasteiger partial charge in [-0.1, -0.05) is 19.8 Å². The maximum atomic E-state index is 15.2. The van der Waals surface area contributed by atoms with Crippen LogP contribution in [0.15, 0.2) is 12.4 Å². The van der Waals surface area contributed by atoms with Crippen molar-refractivity contribution in [3.63, 3.8) is 0 Å². The number of piperazine rings is 1. The molecule has 11 nitrogen and oxygen atoms in total. The van der Waals surface area contributed by atoms with Gasteiger partial charge in [0.1, 0.15) is 23.2 Å². The first-order chi connectivity index (χ1) is 19.4. The summed E-state index contributed by atoms with van der Waals surface area (Å²) < 4.78 is 31.1. The molecule has 1 atom stereocenters. The SMILES string of the molecule is CCCCCN1CC(F)Cn2nc(N)c(C(=O)Nc3cncc(F)c3N3CCC(C(=O)N4CCNCC4)CC3)c21. The highest BCUT2D eigenvalue weighted by Gasteiger charge is 2.34. The van der Waals surface area contributed by atoms with Crippen LogP contribution in [0, 0.1) is 11.7 Å². The van der Waals surface area contributed by atoms with Gasteiger partial charge in [0.2, 0.25) is 5.91 Å². The Morgan fingerprint density at radius 2 is 1.88 bits per heavy atom. The van der Waals surface area contributed by atoms with E-state index in [4.69, 9.17) is 5.73 Å². The van der Waals surface area contributed by atoms with Crippen molar-refractivity contribution in [3.8, 4) is 0 Å². The minimum absolute atomic E-state index is 0.000225. The second kappa shape index (κ2) is 12.4. The average molecular weight is 560 g/mol. The van der Waals surface area contributed by atoms with Crippen LogP contribution in [-0.2, 0) is 11.3 Å². The van der Waals surface area contributed by atoms with Crippen LogP contribution in [0.3, 0.4) is 0 Å². The van der Waals surface area contributed by atoms with E-state index in [9.17, 15) is 14.0 Å². The second-order valence-corrected chi connectivity index (χ2v) is 10.8. The number of anilines is 4. The highest BCUT2D eigenvalue weighted by molar-refractivity contribution is 6.12. The number of hydrogen-bond donors (Lipinski definition) is 3. The number of halogens is 2. The van der Waals surface area contributed by atoms with Crippen LogP contribution in [0.2, 0.25) is 0 Å². The first kappa shape index (κ1) is 28.1. The van der Waals surface area contributed by atoms with E-state index in [0.717, 1.165) is 38.5 Å². The van der Waals surface area contributed by atoms with E-state index in [-0.39, 0.29) is 47.7 Å². The molecule has 2 fully saturated rings. The number of piperidine rings is 1. The van der Waals surface area contributed by atoms with Crippen molar-refractivity contribution in [3.05, 3.63) is 23.8 Å². The second-order valence-electron chi connectivity index (χ2n) is 10.8. The number of amides is 2. The fourth-order valence-electron chi connectivity index (χ4n) is 5.98. The lowest BCUT2D eigenvalue weighted by atomic mass is 9.94. The molecule has 5 rings (SSSR count). The Morgan fingerprint density at radius 3 is 2.60 bits per heavy atom. The van der Waals surface area contributed by atoms with Crippen molar-refractivity contribution in [2.45, 2.75) is 51.7 Å². The predicted octanol–water partition coefficient (Wildman–Crippen LogP) is 2.25. The number of nitrogens with one attached hydrogen (secondary N) is 2. The molecule has 13 heteroatoms. The summed E-state index contributed by atoms with van der Waals surface area (Å²) >= 11 is 0. The maximum absolute atomic E-state index is 15.2. The van der Waals surface area contributed by atoms with Gasteiger partial charge in [0.05, 0.1) is 31.2 Å². The van der Waals surface area contributed by atoms with Crippen LogP contribution in [-0.4, -0.2) is 90.0 Å². The van der Waals surface area contributed by atoms with Gasteiger partial charge in [0.25, 0.3) is 5.91 Å². The molecule has 1 unspecified atom stereocenters. The molecule has 2 aromatic rings. The molecule has 3 aliphatic heterocycles. The summed E-state index contributed by atoms with van der Waals surface area (Å²) in [5.41, 5.74) is 6.78. The number of hydrogen-bond acceptors (Lipinski definition) is 8. The number of carbonyl (C=O) groups excluding carboxylic acids is 2. The van der Waals surface area contributed by atoms with Crippen molar-refractivity contribution in [1.29, 1.82) is 0 Å². The molecule has 2 aromatic heterocycles. The Bertz CT molecular complexity index is 1210. The van der Waals surface area contributed by atoms with Gasteiger partial charge in [-0.25, -0.2) is 13.5 Å². The van der Waals surface area contributed by atoms with Crippen molar-refractivity contribution >= 4 is 34.8 Å². The molecule has 4 N–H and O–H groups in total. The lowest BCUT2D eigenvalue weighted by Crippen LogP contribution is -2.50. The smallest absolute Gasteiger partial charge is 0.263 e. The third-order valence-electron chi connectivity index (χ3n) is 8.01. The Balaban J connectivity index is 1.32. The first-order valence-corrected chi connectivity index (χ1v) is 14.3. The van der Waals surface area contributed by atoms with Gasteiger partial charge >= 0.3 is 0 Å². The summed E-state index contributed by atoms with van der Waals surface area (Å²) in [6, 6.07) is 0. The van der Waals surface area contributed by atoms with Crippen LogP contribution in [0.5, 0.6) is 0 Å². The minimum atomic E-state index is -1.12. The van der Waals surface area contributed by atoms with Gasteiger partial charge < -0.3 is 31.1 Å². The minimum Gasteiger partial charge on any atom is -0.381 e. The fourth-order valence-corrected chi connectivity index (χ4v) is 5.98. The molecule has 0 bridgehead atoms. The van der Waals surface area contributed by atoms with Crippen LogP contribution >= 0.6 is 0 Å². The van der Waals surface area contributed by atoms with Gasteiger partial charge in [-0.2, -0.15) is 5.10 Å². The van der Waals surface area contributed by atoms with E-state index in [1.807, 2.05) is 14.7 Å². The Hall–Kier alpha value is -3.48. The Morgan fingerprint density at radius 1 is 1.12 bits per heavy atom. The van der Waals surface area contributed by atoms with Crippen LogP contribution < -0.4 is 26.2 Å². The Labute approximate surface area is 233 Å². The Kier molecular flexibility index (Phi) is 8.67. The third-order valence-corrected chi connectivity index (χ3v) is 8.01. The van der Waals surface area contributed by atoms with E-state index in [2.05, 4.69) is 27.6 Å². The number of fused-ring (bicyclic) bond motifs is 1. The zero-order chi connectivity index (χ0) is 28.2. The molecule has 0 aromatic carbocycles. The number of rotatable bonds is 8. The first-order valence-electron chi connectivity index (χ1n) is 14.3. The molecule has 218 valence electrons. The lowest BCUT2D eigenvalue weighted by molar-refractivity contribution is -0.136. The quantitative estimate of drug-likeness (QED) is 0.421. The van der Waals surface area contributed by atoms with E-state index < -0.39 is 17.9 Å². The van der Waals surface area contributed by atoms with E-state index in [0.29, 0.717) is 51.4 Å². The van der Waals surface area contributed by atoms with Crippen molar-refractivity contribution in [2.75, 3.05) is 73.2 Å². The zero-order valence-electron chi connectivity index (χ0n) is 23.0. The van der Waals surface area contributed by atoms with Gasteiger partial charge in [-0.05, 0) is 19.3 Å². The molecule has 0 saturated carbocycles. The molecule has 0 aliphatic carbocycles. The summed E-state index contributed by atoms with van der Waals surface area (Å²) in [7, 11) is 0. The number of alkyl halides is 1. The van der Waals surface area contributed by atoms with Gasteiger partial charge in [-0.15, -0.1) is 0 Å². The van der Waals surface area contributed by atoms with Crippen molar-refractivity contribution in [1.82, 2.24) is 25.0 Å². The molecule has 3 aliphatic rings. The fraction of sp³-hybridized carbons (Fsp3) is 0.630. The molecule has 5 heterocycles. The molecule has 40 heavy (non-hydrogen) atoms. The third kappa shape index (κ3) is 5.84. The number of pyridine rings is 1. The predicted molar refractivity (Wildman–Crippen MR) is 150 cm³/mol. The number of nitrogen functional groups attached to an aromatic ring is 1. The number of aromatic nitrogens is 3. The van der Waals surface area contributed by atoms with Crippen LogP contribution in [0.1, 0.15) is 49.4 Å². The van der Waals surface area contributed by atoms with E-state index in [1.165, 1.54) is 10.9 Å². The topological polar surface area (TPSA) is 125 Å². The van der Waals surface area contributed by atoms with Crippen LogP contribution in [0.25, 0.3) is 0 Å². The molecule has 0 spiro atoms. The summed E-state index contributed by atoms with van der Waals surface area (Å²) in [5, 5.41) is 10.3. The number of unbranched alkanes of at least 4 members (excludes halogenated alkanes) is 2. The van der Waals surface area contributed by atoms with Crippen molar-refractivity contribution in [2.24, 2.45) is 5.92 Å².